The Balaban J connectivity index is 1.86. The van der Waals surface area contributed by atoms with E-state index in [9.17, 15) is 9.59 Å². The molecule has 0 saturated carbocycles. The van der Waals surface area contributed by atoms with Gasteiger partial charge in [-0.25, -0.2) is 4.68 Å². The number of nitrogens with one attached hydrogen (secondary N) is 2. The zero-order valence-corrected chi connectivity index (χ0v) is 16.3. The van der Waals surface area contributed by atoms with Crippen molar-refractivity contribution in [3.63, 3.8) is 0 Å². The summed E-state index contributed by atoms with van der Waals surface area (Å²) in [4.78, 5) is 24.6. The molecule has 0 bridgehead atoms. The average molecular weight is 376 g/mol. The van der Waals surface area contributed by atoms with Gasteiger partial charge < -0.3 is 10.6 Å². The lowest BCUT2D eigenvalue weighted by Gasteiger charge is -2.08. The number of benzene rings is 2. The highest BCUT2D eigenvalue weighted by Crippen LogP contribution is 2.20. The summed E-state index contributed by atoms with van der Waals surface area (Å²) in [6.07, 6.45) is 0.337. The van der Waals surface area contributed by atoms with Gasteiger partial charge in [-0.2, -0.15) is 5.10 Å². The number of anilines is 2. The Morgan fingerprint density at radius 1 is 1.00 bits per heavy atom. The van der Waals surface area contributed by atoms with E-state index >= 15 is 0 Å². The summed E-state index contributed by atoms with van der Waals surface area (Å²) >= 11 is 0. The van der Waals surface area contributed by atoms with Crippen LogP contribution >= 0.6 is 0 Å². The smallest absolute Gasteiger partial charge is 0.276 e. The summed E-state index contributed by atoms with van der Waals surface area (Å²) in [7, 11) is 0. The van der Waals surface area contributed by atoms with E-state index in [1.54, 1.807) is 17.7 Å². The first kappa shape index (κ1) is 19.4. The van der Waals surface area contributed by atoms with E-state index in [-0.39, 0.29) is 17.5 Å². The standard InChI is InChI=1S/C22H24N4O2/c1-4-21(27)24-20-14-19(25-26(20)18-8-6-5-7-9-18)22(28)23-17-12-10-16(11-13-17)15(2)3/h5-15H,4H2,1-3H3,(H,23,28)(H,24,27). The maximum atomic E-state index is 12.7. The summed E-state index contributed by atoms with van der Waals surface area (Å²) in [5.74, 6) is 0.404. The molecule has 1 heterocycles. The van der Waals surface area contributed by atoms with Crippen LogP contribution in [0.4, 0.5) is 11.5 Å². The number of para-hydroxylation sites is 1. The molecule has 0 unspecified atom stereocenters. The van der Waals surface area contributed by atoms with Gasteiger partial charge in [-0.1, -0.05) is 51.1 Å². The molecule has 0 aliphatic heterocycles. The molecule has 2 amide bonds. The third-order valence-electron chi connectivity index (χ3n) is 4.37. The van der Waals surface area contributed by atoms with Gasteiger partial charge in [0.25, 0.3) is 5.91 Å². The van der Waals surface area contributed by atoms with Crippen molar-refractivity contribution in [1.29, 1.82) is 0 Å². The van der Waals surface area contributed by atoms with E-state index in [1.165, 1.54) is 5.56 Å². The first-order valence-electron chi connectivity index (χ1n) is 9.34. The van der Waals surface area contributed by atoms with Gasteiger partial charge in [-0.3, -0.25) is 9.59 Å². The number of carbonyl (C=O) groups is 2. The summed E-state index contributed by atoms with van der Waals surface area (Å²) in [6.45, 7) is 6.01. The maximum Gasteiger partial charge on any atom is 0.276 e. The van der Waals surface area contributed by atoms with Crippen LogP contribution in [0.1, 0.15) is 49.2 Å². The van der Waals surface area contributed by atoms with E-state index in [4.69, 9.17) is 0 Å². The third kappa shape index (κ3) is 4.46. The number of hydrogen-bond acceptors (Lipinski definition) is 3. The fourth-order valence-corrected chi connectivity index (χ4v) is 2.72. The molecule has 0 fully saturated rings. The van der Waals surface area contributed by atoms with Crippen LogP contribution < -0.4 is 10.6 Å². The van der Waals surface area contributed by atoms with Crippen molar-refractivity contribution in [2.24, 2.45) is 0 Å². The molecule has 0 saturated heterocycles. The van der Waals surface area contributed by atoms with Crippen LogP contribution in [0, 0.1) is 0 Å². The number of aromatic nitrogens is 2. The monoisotopic (exact) mass is 376 g/mol. The number of amides is 2. The average Bonchev–Trinajstić information content (AvgIpc) is 3.13. The van der Waals surface area contributed by atoms with Crippen molar-refractivity contribution in [2.75, 3.05) is 10.6 Å². The van der Waals surface area contributed by atoms with Gasteiger partial charge in [-0.05, 0) is 35.7 Å². The summed E-state index contributed by atoms with van der Waals surface area (Å²) in [5, 5.41) is 10.1. The molecule has 0 radical (unpaired) electrons. The lowest BCUT2D eigenvalue weighted by molar-refractivity contribution is -0.115. The van der Waals surface area contributed by atoms with E-state index in [0.717, 1.165) is 5.69 Å². The largest absolute Gasteiger partial charge is 0.321 e. The molecule has 6 heteroatoms. The highest BCUT2D eigenvalue weighted by Gasteiger charge is 2.17. The Bertz CT molecular complexity index is 960. The second kappa shape index (κ2) is 8.52. The summed E-state index contributed by atoms with van der Waals surface area (Å²) in [5.41, 5.74) is 2.89. The molecular weight excluding hydrogens is 352 g/mol. The molecular formula is C22H24N4O2. The van der Waals surface area contributed by atoms with Crippen LogP contribution in [-0.4, -0.2) is 21.6 Å². The quantitative estimate of drug-likeness (QED) is 0.660. The molecule has 2 aromatic carbocycles. The molecule has 0 aliphatic rings. The van der Waals surface area contributed by atoms with Crippen molar-refractivity contribution in [3.05, 3.63) is 71.9 Å². The molecule has 3 rings (SSSR count). The first-order valence-corrected chi connectivity index (χ1v) is 9.34. The third-order valence-corrected chi connectivity index (χ3v) is 4.37. The molecule has 28 heavy (non-hydrogen) atoms. The number of hydrogen-bond donors (Lipinski definition) is 2. The molecule has 3 aromatic rings. The Kier molecular flexibility index (Phi) is 5.89. The molecule has 0 atom stereocenters. The maximum absolute atomic E-state index is 12.7. The Labute approximate surface area is 164 Å². The second-order valence-corrected chi connectivity index (χ2v) is 6.79. The summed E-state index contributed by atoms with van der Waals surface area (Å²) in [6, 6.07) is 18.7. The lowest BCUT2D eigenvalue weighted by atomic mass is 10.0. The Hall–Kier alpha value is -3.41. The van der Waals surface area contributed by atoms with Crippen LogP contribution in [0.5, 0.6) is 0 Å². The van der Waals surface area contributed by atoms with E-state index < -0.39 is 0 Å². The Morgan fingerprint density at radius 2 is 1.68 bits per heavy atom. The van der Waals surface area contributed by atoms with Gasteiger partial charge in [-0.15, -0.1) is 0 Å². The summed E-state index contributed by atoms with van der Waals surface area (Å²) < 4.78 is 1.56. The number of rotatable bonds is 6. The van der Waals surface area contributed by atoms with Crippen LogP contribution in [0.25, 0.3) is 5.69 Å². The van der Waals surface area contributed by atoms with E-state index in [0.29, 0.717) is 23.8 Å². The van der Waals surface area contributed by atoms with Crippen LogP contribution in [-0.2, 0) is 4.79 Å². The Morgan fingerprint density at radius 3 is 2.29 bits per heavy atom. The van der Waals surface area contributed by atoms with Gasteiger partial charge in [0.1, 0.15) is 5.82 Å². The molecule has 0 spiro atoms. The fraction of sp³-hybridized carbons (Fsp3) is 0.227. The first-order chi connectivity index (χ1) is 13.5. The zero-order chi connectivity index (χ0) is 20.1. The minimum absolute atomic E-state index is 0.145. The molecule has 0 aliphatic carbocycles. The minimum atomic E-state index is -0.334. The highest BCUT2D eigenvalue weighted by atomic mass is 16.2. The van der Waals surface area contributed by atoms with E-state index in [1.807, 2.05) is 54.6 Å². The minimum Gasteiger partial charge on any atom is -0.321 e. The number of nitrogens with zero attached hydrogens (tertiary/aromatic N) is 2. The normalized spacial score (nSPS) is 10.7. The van der Waals surface area contributed by atoms with E-state index in [2.05, 4.69) is 29.6 Å². The predicted octanol–water partition coefficient (Wildman–Crippen LogP) is 4.60. The van der Waals surface area contributed by atoms with Crippen LogP contribution in [0.15, 0.2) is 60.7 Å². The lowest BCUT2D eigenvalue weighted by Crippen LogP contribution is -2.14. The zero-order valence-electron chi connectivity index (χ0n) is 16.3. The molecule has 6 nitrogen and oxygen atoms in total. The fourth-order valence-electron chi connectivity index (χ4n) is 2.72. The predicted molar refractivity (Wildman–Crippen MR) is 111 cm³/mol. The van der Waals surface area contributed by atoms with Crippen LogP contribution in [0.3, 0.4) is 0 Å². The molecule has 1 aromatic heterocycles. The molecule has 144 valence electrons. The van der Waals surface area contributed by atoms with Crippen LogP contribution in [0.2, 0.25) is 0 Å². The molecule has 2 N–H and O–H groups in total. The van der Waals surface area contributed by atoms with Crippen molar-refractivity contribution in [1.82, 2.24) is 9.78 Å². The van der Waals surface area contributed by atoms with Gasteiger partial charge in [0.15, 0.2) is 5.69 Å². The van der Waals surface area contributed by atoms with Crippen molar-refractivity contribution < 1.29 is 9.59 Å². The highest BCUT2D eigenvalue weighted by molar-refractivity contribution is 6.04. The van der Waals surface area contributed by atoms with Gasteiger partial charge in [0.05, 0.1) is 5.69 Å². The van der Waals surface area contributed by atoms with Crippen molar-refractivity contribution >= 4 is 23.3 Å². The SMILES string of the molecule is CCC(=O)Nc1cc(C(=O)Nc2ccc(C(C)C)cc2)nn1-c1ccccc1. The van der Waals surface area contributed by atoms with Gasteiger partial charge in [0.2, 0.25) is 5.91 Å². The van der Waals surface area contributed by atoms with Crippen molar-refractivity contribution in [3.8, 4) is 5.69 Å². The topological polar surface area (TPSA) is 76.0 Å². The number of carbonyl (C=O) groups excluding carboxylic acids is 2. The van der Waals surface area contributed by atoms with Gasteiger partial charge >= 0.3 is 0 Å². The second-order valence-electron chi connectivity index (χ2n) is 6.79. The van der Waals surface area contributed by atoms with Gasteiger partial charge in [0, 0.05) is 18.2 Å². The van der Waals surface area contributed by atoms with Crippen molar-refractivity contribution in [2.45, 2.75) is 33.1 Å².